The molecule has 1 nitrogen and oxygen atoms in total. The van der Waals surface area contributed by atoms with Gasteiger partial charge in [0.1, 0.15) is 0 Å². The van der Waals surface area contributed by atoms with Crippen molar-refractivity contribution in [1.82, 2.24) is 0 Å². The number of alkyl halides is 1. The summed E-state index contributed by atoms with van der Waals surface area (Å²) in [6.07, 6.45) is 5.37. The number of ether oxygens (including phenoxy) is 1. The Bertz CT molecular complexity index is 375. The lowest BCUT2D eigenvalue weighted by Crippen LogP contribution is -2.23. The van der Waals surface area contributed by atoms with E-state index < -0.39 is 0 Å². The normalized spacial score (nSPS) is 25.9. The largest absolute Gasteiger partial charge is 0.369 e. The summed E-state index contributed by atoms with van der Waals surface area (Å²) in [6.45, 7) is 2.33. The Morgan fingerprint density at radius 3 is 2.56 bits per heavy atom. The van der Waals surface area contributed by atoms with E-state index in [4.69, 9.17) is 16.3 Å². The highest BCUT2D eigenvalue weighted by atomic mass is 79.9. The lowest BCUT2D eigenvalue weighted by Gasteiger charge is -2.30. The molecule has 0 bridgehead atoms. The molecular weight excluding hydrogens is 312 g/mol. The molecule has 18 heavy (non-hydrogen) atoms. The number of halogens is 2. The van der Waals surface area contributed by atoms with Gasteiger partial charge in [0.25, 0.3) is 0 Å². The molecule has 1 saturated carbocycles. The lowest BCUT2D eigenvalue weighted by atomic mass is 9.89. The molecule has 100 valence electrons. The van der Waals surface area contributed by atoms with Crippen LogP contribution in [0.2, 0.25) is 5.02 Å². The maximum Gasteiger partial charge on any atom is 0.0939 e. The van der Waals surface area contributed by atoms with Crippen molar-refractivity contribution < 1.29 is 4.74 Å². The van der Waals surface area contributed by atoms with Crippen LogP contribution in [-0.4, -0.2) is 11.4 Å². The standard InChI is InChI=1S/C15H20BrClO/c1-11-6-8-12(9-7-11)18-15(10-16)13-4-2-3-5-14(13)17/h2-5,11-12,15H,6-10H2,1H3. The first-order valence-corrected chi connectivity index (χ1v) is 8.16. The third kappa shape index (κ3) is 3.72. The van der Waals surface area contributed by atoms with E-state index in [0.29, 0.717) is 6.10 Å². The number of benzene rings is 1. The van der Waals surface area contributed by atoms with Gasteiger partial charge in [-0.2, -0.15) is 0 Å². The second-order valence-corrected chi connectivity index (χ2v) is 6.24. The Balaban J connectivity index is 1.99. The van der Waals surface area contributed by atoms with E-state index in [-0.39, 0.29) is 6.10 Å². The van der Waals surface area contributed by atoms with Gasteiger partial charge >= 0.3 is 0 Å². The van der Waals surface area contributed by atoms with Gasteiger partial charge in [-0.3, -0.25) is 0 Å². The van der Waals surface area contributed by atoms with E-state index in [2.05, 4.69) is 28.9 Å². The van der Waals surface area contributed by atoms with Crippen molar-refractivity contribution in [2.24, 2.45) is 5.92 Å². The van der Waals surface area contributed by atoms with Crippen LogP contribution in [0.4, 0.5) is 0 Å². The van der Waals surface area contributed by atoms with Crippen molar-refractivity contribution in [2.75, 3.05) is 5.33 Å². The Labute approximate surface area is 123 Å². The van der Waals surface area contributed by atoms with Crippen molar-refractivity contribution in [1.29, 1.82) is 0 Å². The van der Waals surface area contributed by atoms with Crippen LogP contribution in [0.3, 0.4) is 0 Å². The van der Waals surface area contributed by atoms with Crippen LogP contribution in [0, 0.1) is 5.92 Å². The smallest absolute Gasteiger partial charge is 0.0939 e. The molecule has 1 aliphatic carbocycles. The molecule has 2 rings (SSSR count). The minimum absolute atomic E-state index is 0.0668. The summed E-state index contributed by atoms with van der Waals surface area (Å²) in [6, 6.07) is 7.96. The van der Waals surface area contributed by atoms with E-state index in [1.807, 2.05) is 18.2 Å². The van der Waals surface area contributed by atoms with Gasteiger partial charge in [-0.25, -0.2) is 0 Å². The summed E-state index contributed by atoms with van der Waals surface area (Å²) in [4.78, 5) is 0. The summed E-state index contributed by atoms with van der Waals surface area (Å²) < 4.78 is 6.22. The number of rotatable bonds is 4. The summed E-state index contributed by atoms with van der Waals surface area (Å²) in [5, 5.41) is 1.59. The second kappa shape index (κ2) is 6.93. The average molecular weight is 332 g/mol. The van der Waals surface area contributed by atoms with Crippen molar-refractivity contribution in [3.8, 4) is 0 Å². The molecule has 0 aromatic heterocycles. The molecule has 1 aromatic rings. The second-order valence-electron chi connectivity index (χ2n) is 5.18. The lowest BCUT2D eigenvalue weighted by molar-refractivity contribution is -0.0255. The number of hydrogen-bond donors (Lipinski definition) is 0. The predicted octanol–water partition coefficient (Wildman–Crippen LogP) is 5.37. The molecule has 0 spiro atoms. The van der Waals surface area contributed by atoms with Gasteiger partial charge in [0, 0.05) is 15.9 Å². The van der Waals surface area contributed by atoms with E-state index >= 15 is 0 Å². The van der Waals surface area contributed by atoms with Gasteiger partial charge in [-0.05, 0) is 37.7 Å². The summed E-state index contributed by atoms with van der Waals surface area (Å²) >= 11 is 9.78. The maximum absolute atomic E-state index is 6.24. The molecule has 3 heteroatoms. The summed E-state index contributed by atoms with van der Waals surface area (Å²) in [7, 11) is 0. The SMILES string of the molecule is CC1CCC(OC(CBr)c2ccccc2Cl)CC1. The Kier molecular flexibility index (Phi) is 5.53. The third-order valence-electron chi connectivity index (χ3n) is 3.71. The highest BCUT2D eigenvalue weighted by Gasteiger charge is 2.23. The summed E-state index contributed by atoms with van der Waals surface area (Å²) in [5.41, 5.74) is 1.09. The first kappa shape index (κ1) is 14.4. The third-order valence-corrected chi connectivity index (χ3v) is 4.64. The molecular formula is C15H20BrClO. The van der Waals surface area contributed by atoms with Crippen LogP contribution >= 0.6 is 27.5 Å². The molecule has 1 aromatic carbocycles. The first-order chi connectivity index (χ1) is 8.70. The zero-order valence-electron chi connectivity index (χ0n) is 10.7. The predicted molar refractivity (Wildman–Crippen MR) is 80.5 cm³/mol. The summed E-state index contributed by atoms with van der Waals surface area (Å²) in [5.74, 6) is 0.854. The van der Waals surface area contributed by atoms with Crippen LogP contribution in [0.1, 0.15) is 44.3 Å². The minimum atomic E-state index is 0.0668. The van der Waals surface area contributed by atoms with E-state index in [9.17, 15) is 0 Å². The molecule has 0 radical (unpaired) electrons. The monoisotopic (exact) mass is 330 g/mol. The fourth-order valence-corrected chi connectivity index (χ4v) is 3.29. The van der Waals surface area contributed by atoms with E-state index in [0.717, 1.165) is 21.8 Å². The Hall–Kier alpha value is -0.0500. The average Bonchev–Trinajstić information content (AvgIpc) is 2.39. The molecule has 0 heterocycles. The van der Waals surface area contributed by atoms with Crippen LogP contribution in [0.5, 0.6) is 0 Å². The van der Waals surface area contributed by atoms with E-state index in [1.165, 1.54) is 25.7 Å². The maximum atomic E-state index is 6.24. The first-order valence-electron chi connectivity index (χ1n) is 6.66. The van der Waals surface area contributed by atoms with Gasteiger partial charge in [0.15, 0.2) is 0 Å². The molecule has 0 saturated heterocycles. The molecule has 0 aliphatic heterocycles. The van der Waals surface area contributed by atoms with E-state index in [1.54, 1.807) is 0 Å². The zero-order valence-corrected chi connectivity index (χ0v) is 13.1. The molecule has 1 unspecified atom stereocenters. The van der Waals surface area contributed by atoms with Gasteiger partial charge in [0.05, 0.1) is 12.2 Å². The topological polar surface area (TPSA) is 9.23 Å². The fraction of sp³-hybridized carbons (Fsp3) is 0.600. The van der Waals surface area contributed by atoms with Crippen molar-refractivity contribution in [2.45, 2.75) is 44.8 Å². The molecule has 0 N–H and O–H groups in total. The number of hydrogen-bond acceptors (Lipinski definition) is 1. The Morgan fingerprint density at radius 2 is 1.94 bits per heavy atom. The van der Waals surface area contributed by atoms with Gasteiger partial charge < -0.3 is 4.74 Å². The van der Waals surface area contributed by atoms with Gasteiger partial charge in [-0.1, -0.05) is 52.7 Å². The minimum Gasteiger partial charge on any atom is -0.369 e. The van der Waals surface area contributed by atoms with Crippen molar-refractivity contribution in [3.05, 3.63) is 34.9 Å². The van der Waals surface area contributed by atoms with Crippen LogP contribution in [-0.2, 0) is 4.74 Å². The van der Waals surface area contributed by atoms with Gasteiger partial charge in [-0.15, -0.1) is 0 Å². The van der Waals surface area contributed by atoms with Crippen molar-refractivity contribution >= 4 is 27.5 Å². The fourth-order valence-electron chi connectivity index (χ4n) is 2.53. The van der Waals surface area contributed by atoms with Crippen LogP contribution in [0.15, 0.2) is 24.3 Å². The quantitative estimate of drug-likeness (QED) is 0.674. The van der Waals surface area contributed by atoms with Crippen LogP contribution in [0.25, 0.3) is 0 Å². The van der Waals surface area contributed by atoms with Crippen molar-refractivity contribution in [3.63, 3.8) is 0 Å². The highest BCUT2D eigenvalue weighted by Crippen LogP contribution is 2.33. The molecule has 1 atom stereocenters. The zero-order chi connectivity index (χ0) is 13.0. The molecule has 0 amide bonds. The molecule has 1 aliphatic rings. The highest BCUT2D eigenvalue weighted by molar-refractivity contribution is 9.09. The van der Waals surface area contributed by atoms with Crippen LogP contribution < -0.4 is 0 Å². The van der Waals surface area contributed by atoms with Gasteiger partial charge in [0.2, 0.25) is 0 Å². The Morgan fingerprint density at radius 1 is 1.28 bits per heavy atom. The molecule has 1 fully saturated rings.